The molecular weight excluding hydrogens is 350 g/mol. The molecule has 1 saturated heterocycles. The number of likely N-dealkylation sites (tertiary alicyclic amines) is 1. The number of carbonyl (C=O) groups excluding carboxylic acids is 1. The highest BCUT2D eigenvalue weighted by atomic mass is 16.2. The number of fused-ring (bicyclic) bond motifs is 1. The van der Waals surface area contributed by atoms with Crippen LogP contribution in [0, 0.1) is 5.92 Å². The highest BCUT2D eigenvalue weighted by Gasteiger charge is 2.27. The van der Waals surface area contributed by atoms with Crippen LogP contribution in [0.5, 0.6) is 0 Å². The lowest BCUT2D eigenvalue weighted by atomic mass is 9.90. The van der Waals surface area contributed by atoms with Gasteiger partial charge in [-0.3, -0.25) is 4.79 Å². The largest absolute Gasteiger partial charge is 0.370 e. The molecule has 1 unspecified atom stereocenters. The molecule has 1 atom stereocenters. The zero-order valence-corrected chi connectivity index (χ0v) is 15.9. The van der Waals surface area contributed by atoms with E-state index in [4.69, 9.17) is 0 Å². The van der Waals surface area contributed by atoms with Crippen LogP contribution in [0.25, 0.3) is 11.0 Å². The van der Waals surface area contributed by atoms with Gasteiger partial charge in [0.25, 0.3) is 5.91 Å². The lowest BCUT2D eigenvalue weighted by Gasteiger charge is -2.32. The van der Waals surface area contributed by atoms with E-state index in [2.05, 4.69) is 32.5 Å². The van der Waals surface area contributed by atoms with Gasteiger partial charge < -0.3 is 15.2 Å². The monoisotopic (exact) mass is 375 g/mol. The van der Waals surface area contributed by atoms with Gasteiger partial charge in [0.15, 0.2) is 0 Å². The maximum atomic E-state index is 13.0. The number of piperidine rings is 1. The van der Waals surface area contributed by atoms with E-state index in [1.807, 2.05) is 23.1 Å². The van der Waals surface area contributed by atoms with Gasteiger partial charge in [-0.05, 0) is 61.4 Å². The Morgan fingerprint density at radius 1 is 1.21 bits per heavy atom. The van der Waals surface area contributed by atoms with Crippen LogP contribution in [0.4, 0.5) is 5.82 Å². The number of rotatable bonds is 5. The first-order valence-corrected chi connectivity index (χ1v) is 10.2. The zero-order chi connectivity index (χ0) is 18.9. The third-order valence-electron chi connectivity index (χ3n) is 5.91. The van der Waals surface area contributed by atoms with E-state index in [0.29, 0.717) is 11.5 Å². The first kappa shape index (κ1) is 17.2. The molecule has 0 aromatic carbocycles. The molecule has 6 nitrogen and oxygen atoms in total. The van der Waals surface area contributed by atoms with Gasteiger partial charge in [0.2, 0.25) is 0 Å². The summed E-state index contributed by atoms with van der Waals surface area (Å²) < 4.78 is 0. The van der Waals surface area contributed by atoms with E-state index in [-0.39, 0.29) is 5.91 Å². The standard InChI is InChI=1S/C22H25N5O/c28-22(16-7-8-20(25-12-16)24-11-15-5-6-15)27-10-2-3-17(14-27)19-13-26-21-18(19)4-1-9-23-21/h1,4,7-9,12-13,15,17H,2-3,5-6,10-11,14H2,(H,23,26)(H,24,25). The smallest absolute Gasteiger partial charge is 0.255 e. The summed E-state index contributed by atoms with van der Waals surface area (Å²) in [6.45, 7) is 2.52. The van der Waals surface area contributed by atoms with Crippen molar-refractivity contribution in [1.29, 1.82) is 0 Å². The molecule has 1 amide bonds. The van der Waals surface area contributed by atoms with E-state index < -0.39 is 0 Å². The number of nitrogens with one attached hydrogen (secondary N) is 2. The third-order valence-corrected chi connectivity index (χ3v) is 5.91. The lowest BCUT2D eigenvalue weighted by Crippen LogP contribution is -2.39. The molecule has 28 heavy (non-hydrogen) atoms. The molecule has 4 heterocycles. The number of nitrogens with zero attached hydrogens (tertiary/aromatic N) is 3. The van der Waals surface area contributed by atoms with Crippen molar-refractivity contribution in [3.8, 4) is 0 Å². The molecule has 5 rings (SSSR count). The molecule has 2 N–H and O–H groups in total. The van der Waals surface area contributed by atoms with Crippen molar-refractivity contribution < 1.29 is 4.79 Å². The average molecular weight is 375 g/mol. The Labute approximate surface area is 164 Å². The van der Waals surface area contributed by atoms with Gasteiger partial charge in [-0.25, -0.2) is 9.97 Å². The van der Waals surface area contributed by atoms with Crippen LogP contribution in [-0.4, -0.2) is 45.4 Å². The first-order valence-electron chi connectivity index (χ1n) is 10.2. The number of pyridine rings is 2. The zero-order valence-electron chi connectivity index (χ0n) is 15.9. The molecule has 144 valence electrons. The maximum Gasteiger partial charge on any atom is 0.255 e. The number of carbonyl (C=O) groups is 1. The highest BCUT2D eigenvalue weighted by molar-refractivity contribution is 5.94. The van der Waals surface area contributed by atoms with E-state index in [9.17, 15) is 4.79 Å². The van der Waals surface area contributed by atoms with Crippen molar-refractivity contribution in [2.75, 3.05) is 25.0 Å². The van der Waals surface area contributed by atoms with Crippen molar-refractivity contribution in [3.05, 3.63) is 54.0 Å². The van der Waals surface area contributed by atoms with Crippen molar-refractivity contribution in [2.24, 2.45) is 5.92 Å². The summed E-state index contributed by atoms with van der Waals surface area (Å²) >= 11 is 0. The number of amides is 1. The second-order valence-electron chi connectivity index (χ2n) is 7.99. The van der Waals surface area contributed by atoms with Crippen LogP contribution < -0.4 is 5.32 Å². The molecule has 3 aromatic heterocycles. The normalized spacial score (nSPS) is 19.7. The van der Waals surface area contributed by atoms with Crippen LogP contribution in [0.15, 0.2) is 42.9 Å². The Morgan fingerprint density at radius 2 is 2.14 bits per heavy atom. The van der Waals surface area contributed by atoms with Gasteiger partial charge >= 0.3 is 0 Å². The fourth-order valence-electron chi connectivity index (χ4n) is 4.11. The van der Waals surface area contributed by atoms with Crippen LogP contribution in [0.2, 0.25) is 0 Å². The molecule has 1 aliphatic carbocycles. The number of hydrogen-bond acceptors (Lipinski definition) is 4. The maximum absolute atomic E-state index is 13.0. The van der Waals surface area contributed by atoms with Crippen molar-refractivity contribution in [3.63, 3.8) is 0 Å². The Kier molecular flexibility index (Phi) is 4.47. The number of hydrogen-bond donors (Lipinski definition) is 2. The van der Waals surface area contributed by atoms with Gasteiger partial charge in [-0.1, -0.05) is 0 Å². The van der Waals surface area contributed by atoms with Crippen molar-refractivity contribution in [1.82, 2.24) is 19.9 Å². The molecule has 0 radical (unpaired) electrons. The Hall–Kier alpha value is -2.89. The number of anilines is 1. The second kappa shape index (κ2) is 7.26. The van der Waals surface area contributed by atoms with Gasteiger partial charge in [-0.2, -0.15) is 0 Å². The van der Waals surface area contributed by atoms with Crippen LogP contribution in [0.1, 0.15) is 47.5 Å². The predicted molar refractivity (Wildman–Crippen MR) is 109 cm³/mol. The molecule has 0 spiro atoms. The van der Waals surface area contributed by atoms with E-state index in [1.54, 1.807) is 12.4 Å². The first-order chi connectivity index (χ1) is 13.8. The van der Waals surface area contributed by atoms with Gasteiger partial charge in [-0.15, -0.1) is 0 Å². The molecule has 0 bridgehead atoms. The van der Waals surface area contributed by atoms with Gasteiger partial charge in [0.1, 0.15) is 11.5 Å². The number of H-pyrrole nitrogens is 1. The van der Waals surface area contributed by atoms with Crippen LogP contribution in [-0.2, 0) is 0 Å². The summed E-state index contributed by atoms with van der Waals surface area (Å²) in [6.07, 6.45) is 10.3. The van der Waals surface area contributed by atoms with E-state index >= 15 is 0 Å². The average Bonchev–Trinajstić information content (AvgIpc) is 3.49. The fraction of sp³-hybridized carbons (Fsp3) is 0.409. The topological polar surface area (TPSA) is 73.9 Å². The highest BCUT2D eigenvalue weighted by Crippen LogP contribution is 2.32. The van der Waals surface area contributed by atoms with Gasteiger partial charge in [0, 0.05) is 49.5 Å². The molecule has 6 heteroatoms. The SMILES string of the molecule is O=C(c1ccc(NCC2CC2)nc1)N1CCCC(c2c[nH]c3ncccc23)C1. The predicted octanol–water partition coefficient (Wildman–Crippen LogP) is 3.80. The molecule has 1 aliphatic heterocycles. The number of aromatic nitrogens is 3. The summed E-state index contributed by atoms with van der Waals surface area (Å²) in [7, 11) is 0. The minimum absolute atomic E-state index is 0.0731. The summed E-state index contributed by atoms with van der Waals surface area (Å²) in [5.74, 6) is 2.06. The van der Waals surface area contributed by atoms with Crippen LogP contribution in [0.3, 0.4) is 0 Å². The Morgan fingerprint density at radius 3 is 2.96 bits per heavy atom. The summed E-state index contributed by atoms with van der Waals surface area (Å²) in [5, 5.41) is 4.51. The lowest BCUT2D eigenvalue weighted by molar-refractivity contribution is 0.0707. The Balaban J connectivity index is 1.28. The summed E-state index contributed by atoms with van der Waals surface area (Å²) in [4.78, 5) is 27.1. The van der Waals surface area contributed by atoms with Gasteiger partial charge in [0.05, 0.1) is 5.56 Å². The summed E-state index contributed by atoms with van der Waals surface area (Å²) in [5.41, 5.74) is 2.84. The second-order valence-corrected chi connectivity index (χ2v) is 7.99. The van der Waals surface area contributed by atoms with Crippen molar-refractivity contribution in [2.45, 2.75) is 31.6 Å². The van der Waals surface area contributed by atoms with Crippen molar-refractivity contribution >= 4 is 22.8 Å². The summed E-state index contributed by atoms with van der Waals surface area (Å²) in [6, 6.07) is 7.88. The molecule has 2 fully saturated rings. The Bertz CT molecular complexity index is 976. The minimum Gasteiger partial charge on any atom is -0.370 e. The number of aromatic amines is 1. The third kappa shape index (κ3) is 3.46. The molecule has 3 aromatic rings. The fourth-order valence-corrected chi connectivity index (χ4v) is 4.11. The van der Waals surface area contributed by atoms with E-state index in [1.165, 1.54) is 18.4 Å². The molecular formula is C22H25N5O. The molecule has 2 aliphatic rings. The van der Waals surface area contributed by atoms with Crippen LogP contribution >= 0.6 is 0 Å². The minimum atomic E-state index is 0.0731. The quantitative estimate of drug-likeness (QED) is 0.711. The molecule has 1 saturated carbocycles. The van der Waals surface area contributed by atoms with E-state index in [0.717, 1.165) is 55.2 Å².